The Labute approximate surface area is 122 Å². The Hall–Kier alpha value is -1.10. The molecule has 1 aromatic carbocycles. The summed E-state index contributed by atoms with van der Waals surface area (Å²) in [6, 6.07) is 7.89. The van der Waals surface area contributed by atoms with Crippen LogP contribution in [0.5, 0.6) is 5.75 Å². The van der Waals surface area contributed by atoms with Gasteiger partial charge in [0.25, 0.3) is 0 Å². The number of hydrogen-bond acceptors (Lipinski definition) is 4. The molecule has 0 fully saturated rings. The number of hydrogen-bond donors (Lipinski definition) is 2. The summed E-state index contributed by atoms with van der Waals surface area (Å²) >= 11 is 0. The van der Waals surface area contributed by atoms with Gasteiger partial charge in [-0.25, -0.2) is 0 Å². The second-order valence-electron chi connectivity index (χ2n) is 5.92. The Bertz CT molecular complexity index is 413. The van der Waals surface area contributed by atoms with Gasteiger partial charge in [-0.15, -0.1) is 0 Å². The molecule has 3 N–H and O–H groups in total. The number of para-hydroxylation sites is 1. The molecule has 0 spiro atoms. The van der Waals surface area contributed by atoms with Crippen LogP contribution < -0.4 is 10.5 Å². The normalized spacial score (nSPS) is 15.2. The van der Waals surface area contributed by atoms with E-state index in [4.69, 9.17) is 10.5 Å². The van der Waals surface area contributed by atoms with E-state index in [-0.39, 0.29) is 12.1 Å². The van der Waals surface area contributed by atoms with Gasteiger partial charge in [0, 0.05) is 18.2 Å². The van der Waals surface area contributed by atoms with Crippen molar-refractivity contribution in [2.75, 3.05) is 20.2 Å². The number of aliphatic hydroxyl groups is 1. The largest absolute Gasteiger partial charge is 0.496 e. The number of benzene rings is 1. The molecule has 2 atom stereocenters. The molecule has 0 amide bonds. The molecule has 114 valence electrons. The predicted molar refractivity (Wildman–Crippen MR) is 82.9 cm³/mol. The smallest absolute Gasteiger partial charge is 0.123 e. The van der Waals surface area contributed by atoms with Crippen LogP contribution >= 0.6 is 0 Å². The molecule has 1 aromatic rings. The van der Waals surface area contributed by atoms with Crippen molar-refractivity contribution in [3.05, 3.63) is 29.8 Å². The highest BCUT2D eigenvalue weighted by Crippen LogP contribution is 2.31. The van der Waals surface area contributed by atoms with Crippen LogP contribution in [0.4, 0.5) is 0 Å². The lowest BCUT2D eigenvalue weighted by atomic mass is 9.96. The summed E-state index contributed by atoms with van der Waals surface area (Å²) in [5.74, 6) is 0.837. The van der Waals surface area contributed by atoms with Gasteiger partial charge in [0.1, 0.15) is 5.75 Å². The molecule has 0 heterocycles. The predicted octanol–water partition coefficient (Wildman–Crippen LogP) is 2.18. The Balaban J connectivity index is 3.15. The fraction of sp³-hybridized carbons (Fsp3) is 0.625. The van der Waals surface area contributed by atoms with E-state index in [2.05, 4.69) is 11.8 Å². The van der Waals surface area contributed by atoms with E-state index in [9.17, 15) is 5.11 Å². The first-order chi connectivity index (χ1) is 9.30. The van der Waals surface area contributed by atoms with Crippen LogP contribution in [0.1, 0.15) is 39.3 Å². The van der Waals surface area contributed by atoms with Crippen molar-refractivity contribution in [3.63, 3.8) is 0 Å². The van der Waals surface area contributed by atoms with Gasteiger partial charge in [-0.2, -0.15) is 0 Å². The van der Waals surface area contributed by atoms with Crippen LogP contribution in [0.25, 0.3) is 0 Å². The minimum Gasteiger partial charge on any atom is -0.496 e. The molecular weight excluding hydrogens is 252 g/mol. The third-order valence-electron chi connectivity index (χ3n) is 3.35. The van der Waals surface area contributed by atoms with Crippen molar-refractivity contribution < 1.29 is 9.84 Å². The van der Waals surface area contributed by atoms with E-state index in [1.54, 1.807) is 7.11 Å². The maximum absolute atomic E-state index is 10.1. The van der Waals surface area contributed by atoms with Gasteiger partial charge in [0.2, 0.25) is 0 Å². The molecule has 0 saturated carbocycles. The van der Waals surface area contributed by atoms with Gasteiger partial charge in [-0.3, -0.25) is 4.90 Å². The van der Waals surface area contributed by atoms with Crippen LogP contribution in [0, 0.1) is 0 Å². The number of rotatable bonds is 7. The standard InChI is InChI=1S/C16H28N2O2/c1-6-18(11-16(3,4)19)15(12(2)17)13-9-7-8-10-14(13)20-5/h7-10,12,15,19H,6,11,17H2,1-5H3. The van der Waals surface area contributed by atoms with Crippen LogP contribution in [0.3, 0.4) is 0 Å². The van der Waals surface area contributed by atoms with Crippen LogP contribution in [0.15, 0.2) is 24.3 Å². The van der Waals surface area contributed by atoms with Crippen molar-refractivity contribution >= 4 is 0 Å². The molecule has 1 rings (SSSR count). The molecule has 0 saturated heterocycles. The maximum Gasteiger partial charge on any atom is 0.123 e. The molecule has 0 aliphatic rings. The van der Waals surface area contributed by atoms with Crippen molar-refractivity contribution in [1.82, 2.24) is 4.90 Å². The summed E-state index contributed by atoms with van der Waals surface area (Å²) in [5, 5.41) is 10.1. The highest BCUT2D eigenvalue weighted by atomic mass is 16.5. The Morgan fingerprint density at radius 2 is 1.95 bits per heavy atom. The van der Waals surface area contributed by atoms with Gasteiger partial charge in [-0.05, 0) is 33.4 Å². The van der Waals surface area contributed by atoms with E-state index < -0.39 is 5.60 Å². The zero-order valence-electron chi connectivity index (χ0n) is 13.3. The molecule has 0 bridgehead atoms. The summed E-state index contributed by atoms with van der Waals surface area (Å²) in [6.07, 6.45) is 0. The number of ether oxygens (including phenoxy) is 1. The van der Waals surface area contributed by atoms with E-state index in [0.29, 0.717) is 6.54 Å². The Morgan fingerprint density at radius 1 is 1.35 bits per heavy atom. The third-order valence-corrected chi connectivity index (χ3v) is 3.35. The lowest BCUT2D eigenvalue weighted by molar-refractivity contribution is 0.0183. The summed E-state index contributed by atoms with van der Waals surface area (Å²) < 4.78 is 5.46. The minimum absolute atomic E-state index is 0.0163. The zero-order chi connectivity index (χ0) is 15.3. The summed E-state index contributed by atoms with van der Waals surface area (Å²) in [4.78, 5) is 2.20. The molecule has 4 nitrogen and oxygen atoms in total. The molecule has 0 aliphatic heterocycles. The molecule has 0 aromatic heterocycles. The monoisotopic (exact) mass is 280 g/mol. The second-order valence-corrected chi connectivity index (χ2v) is 5.92. The zero-order valence-corrected chi connectivity index (χ0v) is 13.3. The lowest BCUT2D eigenvalue weighted by Gasteiger charge is -2.37. The minimum atomic E-state index is -0.759. The van der Waals surface area contributed by atoms with E-state index in [0.717, 1.165) is 17.9 Å². The lowest BCUT2D eigenvalue weighted by Crippen LogP contribution is -2.46. The van der Waals surface area contributed by atoms with Crippen LogP contribution in [0.2, 0.25) is 0 Å². The average molecular weight is 280 g/mol. The first-order valence-electron chi connectivity index (χ1n) is 7.15. The SMILES string of the molecule is CCN(CC(C)(C)O)C(c1ccccc1OC)C(C)N. The molecule has 0 radical (unpaired) electrons. The number of nitrogens with zero attached hydrogens (tertiary/aromatic N) is 1. The van der Waals surface area contributed by atoms with Crippen molar-refractivity contribution in [2.24, 2.45) is 5.73 Å². The third kappa shape index (κ3) is 4.47. The number of methoxy groups -OCH3 is 1. The first kappa shape index (κ1) is 17.0. The van der Waals surface area contributed by atoms with Crippen LogP contribution in [-0.4, -0.2) is 41.8 Å². The quantitative estimate of drug-likeness (QED) is 0.803. The molecule has 20 heavy (non-hydrogen) atoms. The second kappa shape index (κ2) is 7.07. The van der Waals surface area contributed by atoms with Crippen molar-refractivity contribution in [1.29, 1.82) is 0 Å². The fourth-order valence-corrected chi connectivity index (χ4v) is 2.63. The van der Waals surface area contributed by atoms with Crippen molar-refractivity contribution in [2.45, 2.75) is 45.4 Å². The Kier molecular flexibility index (Phi) is 5.99. The van der Waals surface area contributed by atoms with Gasteiger partial charge >= 0.3 is 0 Å². The first-order valence-corrected chi connectivity index (χ1v) is 7.15. The van der Waals surface area contributed by atoms with E-state index in [1.807, 2.05) is 45.0 Å². The average Bonchev–Trinajstić information content (AvgIpc) is 2.36. The highest BCUT2D eigenvalue weighted by molar-refractivity contribution is 5.36. The number of likely N-dealkylation sites (N-methyl/N-ethyl adjacent to an activating group) is 1. The molecule has 0 aliphatic carbocycles. The topological polar surface area (TPSA) is 58.7 Å². The van der Waals surface area contributed by atoms with Gasteiger partial charge in [0.15, 0.2) is 0 Å². The Morgan fingerprint density at radius 3 is 2.40 bits per heavy atom. The highest BCUT2D eigenvalue weighted by Gasteiger charge is 2.29. The van der Waals surface area contributed by atoms with Gasteiger partial charge < -0.3 is 15.6 Å². The molecular formula is C16H28N2O2. The maximum atomic E-state index is 10.1. The van der Waals surface area contributed by atoms with E-state index >= 15 is 0 Å². The molecule has 2 unspecified atom stereocenters. The summed E-state index contributed by atoms with van der Waals surface area (Å²) in [6.45, 7) is 9.08. The van der Waals surface area contributed by atoms with E-state index in [1.165, 1.54) is 0 Å². The summed E-state index contributed by atoms with van der Waals surface area (Å²) in [7, 11) is 1.67. The van der Waals surface area contributed by atoms with Crippen LogP contribution in [-0.2, 0) is 0 Å². The molecule has 4 heteroatoms. The number of nitrogens with two attached hydrogens (primary N) is 1. The summed E-state index contributed by atoms with van der Waals surface area (Å²) in [5.41, 5.74) is 6.52. The fourth-order valence-electron chi connectivity index (χ4n) is 2.63. The van der Waals surface area contributed by atoms with Gasteiger partial charge in [0.05, 0.1) is 18.8 Å². The van der Waals surface area contributed by atoms with Gasteiger partial charge in [-0.1, -0.05) is 25.1 Å². The van der Waals surface area contributed by atoms with Crippen molar-refractivity contribution in [3.8, 4) is 5.75 Å².